The van der Waals surface area contributed by atoms with Crippen LogP contribution in [0, 0.1) is 5.92 Å². The second-order valence-corrected chi connectivity index (χ2v) is 5.38. The summed E-state index contributed by atoms with van der Waals surface area (Å²) in [6.45, 7) is 6.24. The minimum Gasteiger partial charge on any atom is -0.342 e. The maximum Gasteiger partial charge on any atom is 0.230 e. The van der Waals surface area contributed by atoms with Crippen molar-refractivity contribution in [2.45, 2.75) is 39.0 Å². The van der Waals surface area contributed by atoms with Gasteiger partial charge in [-0.3, -0.25) is 4.79 Å². The molecule has 1 aromatic rings. The van der Waals surface area contributed by atoms with Gasteiger partial charge in [0.2, 0.25) is 5.91 Å². The minimum atomic E-state index is 0.0413. The minimum absolute atomic E-state index is 0.0413. The molecule has 18 heavy (non-hydrogen) atoms. The number of nitrogens with zero attached hydrogens (tertiary/aromatic N) is 1. The highest BCUT2D eigenvalue weighted by Crippen LogP contribution is 2.25. The third-order valence-electron chi connectivity index (χ3n) is 4.00. The quantitative estimate of drug-likeness (QED) is 0.799. The van der Waals surface area contributed by atoms with Gasteiger partial charge in [0.15, 0.2) is 0 Å². The number of hydrogen-bond acceptors (Lipinski definition) is 1. The van der Waals surface area contributed by atoms with E-state index in [2.05, 4.69) is 30.9 Å². The van der Waals surface area contributed by atoms with Crippen molar-refractivity contribution >= 4 is 5.91 Å². The summed E-state index contributed by atoms with van der Waals surface area (Å²) in [5.74, 6) is 1.13. The molecule has 2 heteroatoms. The predicted octanol–water partition coefficient (Wildman–Crippen LogP) is 3.44. The Bertz CT molecular complexity index is 379. The van der Waals surface area contributed by atoms with Crippen LogP contribution in [-0.4, -0.2) is 23.9 Å². The molecule has 0 saturated carbocycles. The van der Waals surface area contributed by atoms with E-state index < -0.39 is 0 Å². The zero-order valence-corrected chi connectivity index (χ0v) is 11.4. The lowest BCUT2D eigenvalue weighted by Gasteiger charge is -2.33. The molecular weight excluding hydrogens is 222 g/mol. The van der Waals surface area contributed by atoms with E-state index in [1.807, 2.05) is 18.2 Å². The Balaban J connectivity index is 2.06. The molecule has 0 unspecified atom stereocenters. The summed E-state index contributed by atoms with van der Waals surface area (Å²) in [4.78, 5) is 14.6. The molecule has 0 bridgehead atoms. The Morgan fingerprint density at radius 2 is 1.89 bits per heavy atom. The standard InChI is InChI=1S/C16H23NO/c1-3-15(14-7-5-4-6-8-14)16(18)17-11-9-13(2)10-12-17/h4-8,13,15H,3,9-12H2,1-2H3/t15-/m0/s1. The van der Waals surface area contributed by atoms with Crippen LogP contribution >= 0.6 is 0 Å². The first kappa shape index (κ1) is 13.1. The van der Waals surface area contributed by atoms with E-state index in [4.69, 9.17) is 0 Å². The van der Waals surface area contributed by atoms with Gasteiger partial charge in [-0.2, -0.15) is 0 Å². The fourth-order valence-corrected chi connectivity index (χ4v) is 2.69. The molecule has 0 radical (unpaired) electrons. The molecule has 1 heterocycles. The van der Waals surface area contributed by atoms with E-state index in [9.17, 15) is 4.79 Å². The number of benzene rings is 1. The average molecular weight is 245 g/mol. The molecule has 2 rings (SSSR count). The zero-order chi connectivity index (χ0) is 13.0. The predicted molar refractivity (Wildman–Crippen MR) is 74.5 cm³/mol. The number of carbonyl (C=O) groups excluding carboxylic acids is 1. The van der Waals surface area contributed by atoms with Gasteiger partial charge in [0, 0.05) is 13.1 Å². The van der Waals surface area contributed by atoms with Gasteiger partial charge in [-0.1, -0.05) is 44.2 Å². The molecular formula is C16H23NO. The second-order valence-electron chi connectivity index (χ2n) is 5.38. The maximum absolute atomic E-state index is 12.6. The number of carbonyl (C=O) groups is 1. The third kappa shape index (κ3) is 2.92. The molecule has 0 N–H and O–H groups in total. The molecule has 0 aliphatic carbocycles. The van der Waals surface area contributed by atoms with Crippen LogP contribution in [0.2, 0.25) is 0 Å². The van der Waals surface area contributed by atoms with E-state index in [0.717, 1.165) is 43.8 Å². The number of amides is 1. The van der Waals surface area contributed by atoms with E-state index in [1.54, 1.807) is 0 Å². The second kappa shape index (κ2) is 6.03. The van der Waals surface area contributed by atoms with Gasteiger partial charge in [0.1, 0.15) is 0 Å². The van der Waals surface area contributed by atoms with Crippen molar-refractivity contribution in [2.75, 3.05) is 13.1 Å². The van der Waals surface area contributed by atoms with Gasteiger partial charge in [-0.05, 0) is 30.7 Å². The number of rotatable bonds is 3. The molecule has 1 fully saturated rings. The van der Waals surface area contributed by atoms with E-state index in [0.29, 0.717) is 5.91 Å². The monoisotopic (exact) mass is 245 g/mol. The lowest BCUT2D eigenvalue weighted by molar-refractivity contribution is -0.134. The average Bonchev–Trinajstić information content (AvgIpc) is 2.41. The van der Waals surface area contributed by atoms with E-state index >= 15 is 0 Å². The SMILES string of the molecule is CC[C@H](C(=O)N1CCC(C)CC1)c1ccccc1. The molecule has 1 aromatic carbocycles. The van der Waals surface area contributed by atoms with E-state index in [1.165, 1.54) is 0 Å². The van der Waals surface area contributed by atoms with Crippen molar-refractivity contribution in [3.8, 4) is 0 Å². The Morgan fingerprint density at radius 3 is 2.44 bits per heavy atom. The fraction of sp³-hybridized carbons (Fsp3) is 0.562. The van der Waals surface area contributed by atoms with Gasteiger partial charge >= 0.3 is 0 Å². The number of likely N-dealkylation sites (tertiary alicyclic amines) is 1. The normalized spacial score (nSPS) is 18.7. The van der Waals surface area contributed by atoms with Gasteiger partial charge in [-0.25, -0.2) is 0 Å². The molecule has 0 spiro atoms. The van der Waals surface area contributed by atoms with E-state index in [-0.39, 0.29) is 5.92 Å². The largest absolute Gasteiger partial charge is 0.342 e. The van der Waals surface area contributed by atoms with Crippen LogP contribution < -0.4 is 0 Å². The van der Waals surface area contributed by atoms with Crippen LogP contribution in [0.25, 0.3) is 0 Å². The highest BCUT2D eigenvalue weighted by molar-refractivity contribution is 5.83. The Morgan fingerprint density at radius 1 is 1.28 bits per heavy atom. The molecule has 2 nitrogen and oxygen atoms in total. The number of hydrogen-bond donors (Lipinski definition) is 0. The van der Waals surface area contributed by atoms with Gasteiger partial charge in [-0.15, -0.1) is 0 Å². The first-order valence-electron chi connectivity index (χ1n) is 7.06. The highest BCUT2D eigenvalue weighted by atomic mass is 16.2. The van der Waals surface area contributed by atoms with Crippen molar-refractivity contribution in [1.29, 1.82) is 0 Å². The first-order chi connectivity index (χ1) is 8.72. The lowest BCUT2D eigenvalue weighted by atomic mass is 9.92. The third-order valence-corrected chi connectivity index (χ3v) is 4.00. The summed E-state index contributed by atoms with van der Waals surface area (Å²) in [6, 6.07) is 10.2. The molecule has 1 saturated heterocycles. The molecule has 0 aromatic heterocycles. The summed E-state index contributed by atoms with van der Waals surface area (Å²) in [5.41, 5.74) is 1.16. The van der Waals surface area contributed by atoms with Crippen LogP contribution in [-0.2, 0) is 4.79 Å². The van der Waals surface area contributed by atoms with Crippen LogP contribution in [0.15, 0.2) is 30.3 Å². The summed E-state index contributed by atoms with van der Waals surface area (Å²) in [5, 5.41) is 0. The fourth-order valence-electron chi connectivity index (χ4n) is 2.69. The van der Waals surface area contributed by atoms with Crippen molar-refractivity contribution in [3.05, 3.63) is 35.9 Å². The van der Waals surface area contributed by atoms with Crippen LogP contribution in [0.3, 0.4) is 0 Å². The van der Waals surface area contributed by atoms with Crippen molar-refractivity contribution in [3.63, 3.8) is 0 Å². The lowest BCUT2D eigenvalue weighted by Crippen LogP contribution is -2.40. The number of piperidine rings is 1. The topological polar surface area (TPSA) is 20.3 Å². The summed E-state index contributed by atoms with van der Waals surface area (Å²) in [6.07, 6.45) is 3.18. The van der Waals surface area contributed by atoms with Crippen molar-refractivity contribution in [1.82, 2.24) is 4.90 Å². The molecule has 98 valence electrons. The molecule has 1 aliphatic rings. The van der Waals surface area contributed by atoms with Crippen LogP contribution in [0.4, 0.5) is 0 Å². The summed E-state index contributed by atoms with van der Waals surface area (Å²) >= 11 is 0. The van der Waals surface area contributed by atoms with Crippen molar-refractivity contribution in [2.24, 2.45) is 5.92 Å². The smallest absolute Gasteiger partial charge is 0.230 e. The Labute approximate surface area is 110 Å². The summed E-state index contributed by atoms with van der Waals surface area (Å²) < 4.78 is 0. The van der Waals surface area contributed by atoms with Crippen LogP contribution in [0.5, 0.6) is 0 Å². The highest BCUT2D eigenvalue weighted by Gasteiger charge is 2.26. The Hall–Kier alpha value is -1.31. The zero-order valence-electron chi connectivity index (χ0n) is 11.4. The molecule has 1 atom stereocenters. The maximum atomic E-state index is 12.6. The first-order valence-corrected chi connectivity index (χ1v) is 7.06. The summed E-state index contributed by atoms with van der Waals surface area (Å²) in [7, 11) is 0. The van der Waals surface area contributed by atoms with Crippen LogP contribution in [0.1, 0.15) is 44.6 Å². The molecule has 1 aliphatic heterocycles. The molecule has 1 amide bonds. The van der Waals surface area contributed by atoms with Crippen molar-refractivity contribution < 1.29 is 4.79 Å². The van der Waals surface area contributed by atoms with Gasteiger partial charge in [0.05, 0.1) is 5.92 Å². The Kier molecular flexibility index (Phi) is 4.40. The van der Waals surface area contributed by atoms with Gasteiger partial charge in [0.25, 0.3) is 0 Å². The van der Waals surface area contributed by atoms with Gasteiger partial charge < -0.3 is 4.90 Å².